The van der Waals surface area contributed by atoms with E-state index in [-0.39, 0.29) is 11.3 Å². The monoisotopic (exact) mass is 298 g/mol. The zero-order chi connectivity index (χ0) is 16.3. The second-order valence-corrected chi connectivity index (χ2v) is 5.04. The van der Waals surface area contributed by atoms with Crippen LogP contribution < -0.4 is 10.3 Å². The van der Waals surface area contributed by atoms with Gasteiger partial charge >= 0.3 is 0 Å². The highest BCUT2D eigenvalue weighted by Crippen LogP contribution is 2.19. The number of hydrogen-bond donors (Lipinski definition) is 1. The maximum absolute atomic E-state index is 12.2. The maximum atomic E-state index is 12.2. The SMILES string of the molecule is COc1ccc(/C=C/C(=O)c2c(C)nc(C)[nH]c2=O)cc1C. The molecule has 22 heavy (non-hydrogen) atoms. The van der Waals surface area contributed by atoms with Gasteiger partial charge in [0.25, 0.3) is 5.56 Å². The lowest BCUT2D eigenvalue weighted by molar-refractivity contribution is 0.104. The Morgan fingerprint density at radius 3 is 2.59 bits per heavy atom. The standard InChI is InChI=1S/C17H18N2O3/c1-10-9-13(6-8-15(10)22-4)5-7-14(20)16-11(2)18-12(3)19-17(16)21/h5-9H,1-4H3,(H,18,19,21)/b7-5+. The Labute approximate surface area is 128 Å². The van der Waals surface area contributed by atoms with Crippen LogP contribution in [0.5, 0.6) is 5.75 Å². The molecule has 0 saturated heterocycles. The van der Waals surface area contributed by atoms with Crippen LogP contribution in [0, 0.1) is 20.8 Å². The number of nitrogens with zero attached hydrogens (tertiary/aromatic N) is 1. The summed E-state index contributed by atoms with van der Waals surface area (Å²) in [5.41, 5.74) is 1.93. The number of carbonyl (C=O) groups excluding carboxylic acids is 1. The zero-order valence-corrected chi connectivity index (χ0v) is 13.1. The van der Waals surface area contributed by atoms with Crippen LogP contribution in [0.15, 0.2) is 29.1 Å². The molecule has 5 nitrogen and oxygen atoms in total. The predicted octanol–water partition coefficient (Wildman–Crippen LogP) is 2.60. The summed E-state index contributed by atoms with van der Waals surface area (Å²) in [6, 6.07) is 5.60. The fourth-order valence-electron chi connectivity index (χ4n) is 2.28. The van der Waals surface area contributed by atoms with E-state index in [1.807, 2.05) is 25.1 Å². The van der Waals surface area contributed by atoms with Crippen molar-refractivity contribution in [3.05, 3.63) is 62.8 Å². The fourth-order valence-corrected chi connectivity index (χ4v) is 2.28. The number of hydrogen-bond acceptors (Lipinski definition) is 4. The molecule has 0 aliphatic rings. The minimum absolute atomic E-state index is 0.0760. The molecule has 0 spiro atoms. The lowest BCUT2D eigenvalue weighted by Crippen LogP contribution is -2.21. The summed E-state index contributed by atoms with van der Waals surface area (Å²) in [4.78, 5) is 30.8. The molecule has 1 N–H and O–H groups in total. The molecule has 1 heterocycles. The highest BCUT2D eigenvalue weighted by atomic mass is 16.5. The molecule has 0 bridgehead atoms. The maximum Gasteiger partial charge on any atom is 0.262 e. The smallest absolute Gasteiger partial charge is 0.262 e. The van der Waals surface area contributed by atoms with Crippen molar-refractivity contribution in [2.24, 2.45) is 0 Å². The van der Waals surface area contributed by atoms with Crippen molar-refractivity contribution in [2.45, 2.75) is 20.8 Å². The first kappa shape index (κ1) is 15.7. The normalized spacial score (nSPS) is 10.9. The largest absolute Gasteiger partial charge is 0.496 e. The van der Waals surface area contributed by atoms with Gasteiger partial charge in [-0.25, -0.2) is 4.98 Å². The quantitative estimate of drug-likeness (QED) is 0.695. The number of rotatable bonds is 4. The molecule has 0 aliphatic carbocycles. The zero-order valence-electron chi connectivity index (χ0n) is 13.1. The van der Waals surface area contributed by atoms with Gasteiger partial charge in [-0.3, -0.25) is 9.59 Å². The first-order valence-corrected chi connectivity index (χ1v) is 6.87. The third kappa shape index (κ3) is 3.31. The van der Waals surface area contributed by atoms with Crippen LogP contribution in [-0.2, 0) is 0 Å². The summed E-state index contributed by atoms with van der Waals surface area (Å²) in [5.74, 6) is 0.923. The summed E-state index contributed by atoms with van der Waals surface area (Å²) >= 11 is 0. The first-order chi connectivity index (χ1) is 10.4. The Bertz CT molecular complexity index is 804. The average molecular weight is 298 g/mol. The molecule has 5 heteroatoms. The molecule has 0 unspecified atom stereocenters. The minimum Gasteiger partial charge on any atom is -0.496 e. The topological polar surface area (TPSA) is 72.0 Å². The van der Waals surface area contributed by atoms with Gasteiger partial charge < -0.3 is 9.72 Å². The molecule has 1 aromatic heterocycles. The van der Waals surface area contributed by atoms with Crippen LogP contribution in [0.3, 0.4) is 0 Å². The fraction of sp³-hybridized carbons (Fsp3) is 0.235. The van der Waals surface area contributed by atoms with E-state index in [0.717, 1.165) is 16.9 Å². The van der Waals surface area contributed by atoms with Crippen molar-refractivity contribution in [3.8, 4) is 5.75 Å². The molecule has 0 fully saturated rings. The van der Waals surface area contributed by atoms with Crippen molar-refractivity contribution >= 4 is 11.9 Å². The second kappa shape index (κ2) is 6.39. The number of aromatic nitrogens is 2. The van der Waals surface area contributed by atoms with E-state index >= 15 is 0 Å². The summed E-state index contributed by atoms with van der Waals surface area (Å²) in [7, 11) is 1.61. The Morgan fingerprint density at radius 1 is 1.27 bits per heavy atom. The number of nitrogens with one attached hydrogen (secondary N) is 1. The minimum atomic E-state index is -0.412. The number of aryl methyl sites for hydroxylation is 3. The molecule has 2 rings (SSSR count). The highest BCUT2D eigenvalue weighted by Gasteiger charge is 2.12. The average Bonchev–Trinajstić information content (AvgIpc) is 2.44. The van der Waals surface area contributed by atoms with Crippen LogP contribution in [0.1, 0.15) is 33.0 Å². The van der Waals surface area contributed by atoms with E-state index in [0.29, 0.717) is 11.5 Å². The number of ketones is 1. The molecule has 0 atom stereocenters. The molecule has 0 radical (unpaired) electrons. The van der Waals surface area contributed by atoms with E-state index < -0.39 is 5.56 Å². The summed E-state index contributed by atoms with van der Waals surface area (Å²) in [5, 5.41) is 0. The van der Waals surface area contributed by atoms with Crippen molar-refractivity contribution in [1.29, 1.82) is 0 Å². The van der Waals surface area contributed by atoms with Crippen LogP contribution in [0.4, 0.5) is 0 Å². The van der Waals surface area contributed by atoms with Gasteiger partial charge in [0.2, 0.25) is 0 Å². The van der Waals surface area contributed by atoms with Gasteiger partial charge in [0.05, 0.1) is 12.8 Å². The van der Waals surface area contributed by atoms with Crippen molar-refractivity contribution in [3.63, 3.8) is 0 Å². The van der Waals surface area contributed by atoms with Crippen molar-refractivity contribution in [1.82, 2.24) is 9.97 Å². The van der Waals surface area contributed by atoms with Gasteiger partial charge in [0.1, 0.15) is 17.1 Å². The molecule has 0 amide bonds. The molecular formula is C17H18N2O3. The van der Waals surface area contributed by atoms with Crippen molar-refractivity contribution in [2.75, 3.05) is 7.11 Å². The second-order valence-electron chi connectivity index (χ2n) is 5.04. The van der Waals surface area contributed by atoms with Gasteiger partial charge in [-0.1, -0.05) is 12.1 Å². The van der Waals surface area contributed by atoms with Gasteiger partial charge in [-0.15, -0.1) is 0 Å². The Morgan fingerprint density at radius 2 is 2.00 bits per heavy atom. The van der Waals surface area contributed by atoms with E-state index in [1.165, 1.54) is 6.08 Å². The van der Waals surface area contributed by atoms with E-state index in [2.05, 4.69) is 9.97 Å². The lowest BCUT2D eigenvalue weighted by atomic mass is 10.1. The molecule has 0 saturated carbocycles. The first-order valence-electron chi connectivity index (χ1n) is 6.87. The van der Waals surface area contributed by atoms with E-state index in [9.17, 15) is 9.59 Å². The number of H-pyrrole nitrogens is 1. The van der Waals surface area contributed by atoms with Crippen LogP contribution >= 0.6 is 0 Å². The van der Waals surface area contributed by atoms with Crippen LogP contribution in [0.2, 0.25) is 0 Å². The Balaban J connectivity index is 2.29. The van der Waals surface area contributed by atoms with Crippen LogP contribution in [0.25, 0.3) is 6.08 Å². The Hall–Kier alpha value is -2.69. The highest BCUT2D eigenvalue weighted by molar-refractivity contribution is 6.07. The summed E-state index contributed by atoms with van der Waals surface area (Å²) in [6.07, 6.45) is 3.06. The lowest BCUT2D eigenvalue weighted by Gasteiger charge is -2.05. The molecule has 2 aromatic rings. The van der Waals surface area contributed by atoms with Gasteiger partial charge in [0, 0.05) is 0 Å². The third-order valence-corrected chi connectivity index (χ3v) is 3.31. The predicted molar refractivity (Wildman–Crippen MR) is 85.4 cm³/mol. The van der Waals surface area contributed by atoms with Gasteiger partial charge in [0.15, 0.2) is 5.78 Å². The third-order valence-electron chi connectivity index (χ3n) is 3.31. The molecule has 114 valence electrons. The molecule has 1 aromatic carbocycles. The van der Waals surface area contributed by atoms with Crippen LogP contribution in [-0.4, -0.2) is 22.9 Å². The van der Waals surface area contributed by atoms with Gasteiger partial charge in [-0.05, 0) is 50.1 Å². The number of methoxy groups -OCH3 is 1. The van der Waals surface area contributed by atoms with Gasteiger partial charge in [-0.2, -0.15) is 0 Å². The number of ether oxygens (including phenoxy) is 1. The van der Waals surface area contributed by atoms with E-state index in [1.54, 1.807) is 27.0 Å². The number of benzene rings is 1. The van der Waals surface area contributed by atoms with Crippen molar-refractivity contribution < 1.29 is 9.53 Å². The molecular weight excluding hydrogens is 280 g/mol. The summed E-state index contributed by atoms with van der Waals surface area (Å²) < 4.78 is 5.19. The number of carbonyl (C=O) groups is 1. The number of allylic oxidation sites excluding steroid dienone is 1. The number of aromatic amines is 1. The molecule has 0 aliphatic heterocycles. The van der Waals surface area contributed by atoms with E-state index in [4.69, 9.17) is 4.74 Å². The summed E-state index contributed by atoms with van der Waals surface area (Å²) in [6.45, 7) is 5.26. The Kier molecular flexibility index (Phi) is 4.56.